The number of nitrogens with zero attached hydrogens (tertiary/aromatic N) is 3. The Morgan fingerprint density at radius 2 is 1.76 bits per heavy atom. The molecule has 1 aliphatic carbocycles. The van der Waals surface area contributed by atoms with Gasteiger partial charge in [-0.2, -0.15) is 0 Å². The first-order valence-corrected chi connectivity index (χ1v) is 17.0. The maximum atomic E-state index is 14.6. The minimum atomic E-state index is -1.04. The molecule has 0 radical (unpaired) electrons. The van der Waals surface area contributed by atoms with Crippen molar-refractivity contribution in [2.45, 2.75) is 84.5 Å². The third-order valence-electron chi connectivity index (χ3n) is 9.04. The molecule has 0 aromatic heterocycles. The van der Waals surface area contributed by atoms with Crippen LogP contribution in [0.15, 0.2) is 36.4 Å². The highest BCUT2D eigenvalue weighted by molar-refractivity contribution is 6.04. The van der Waals surface area contributed by atoms with Crippen molar-refractivity contribution >= 4 is 40.9 Å². The molecule has 0 unspecified atom stereocenters. The zero-order chi connectivity index (χ0) is 35.7. The highest BCUT2D eigenvalue weighted by atomic mass is 16.6. The lowest BCUT2D eigenvalue weighted by Crippen LogP contribution is -2.53. The van der Waals surface area contributed by atoms with Crippen molar-refractivity contribution in [3.05, 3.63) is 42.0 Å². The van der Waals surface area contributed by atoms with E-state index in [1.165, 1.54) is 4.90 Å². The molecule has 2 heterocycles. The van der Waals surface area contributed by atoms with Crippen LogP contribution in [0.1, 0.15) is 65.9 Å². The number of rotatable bonds is 10. The molecular weight excluding hydrogens is 628 g/mol. The number of amides is 4. The SMILES string of the molecule is COCCCN1C(=O)C(C)(C)Oc2ccc(N(C(=O)[C@@H]3C[C@H](C(=O)Nc4cc(OC)ccc4C)CN(C(=O)OC(C)(C)C)C3)C3CC3)cc21. The van der Waals surface area contributed by atoms with Crippen molar-refractivity contribution in [2.75, 3.05) is 55.6 Å². The van der Waals surface area contributed by atoms with Crippen LogP contribution in [0.2, 0.25) is 0 Å². The lowest BCUT2D eigenvalue weighted by Gasteiger charge is -2.40. The number of ether oxygens (including phenoxy) is 4. The molecule has 5 rings (SSSR count). The molecule has 49 heavy (non-hydrogen) atoms. The van der Waals surface area contributed by atoms with Crippen molar-refractivity contribution in [3.8, 4) is 11.5 Å². The number of likely N-dealkylation sites (tertiary alicyclic amines) is 1. The Hall–Kier alpha value is -4.32. The third-order valence-corrected chi connectivity index (χ3v) is 9.04. The molecule has 0 bridgehead atoms. The van der Waals surface area contributed by atoms with E-state index in [-0.39, 0.29) is 43.3 Å². The van der Waals surface area contributed by atoms with Crippen molar-refractivity contribution < 1.29 is 38.1 Å². The quantitative estimate of drug-likeness (QED) is 0.324. The van der Waals surface area contributed by atoms with Gasteiger partial charge in [-0.1, -0.05) is 6.07 Å². The molecule has 2 aromatic carbocycles. The Balaban J connectivity index is 1.45. The topological polar surface area (TPSA) is 127 Å². The average Bonchev–Trinajstić information content (AvgIpc) is 3.88. The zero-order valence-electron chi connectivity index (χ0n) is 30.0. The van der Waals surface area contributed by atoms with Gasteiger partial charge < -0.3 is 39.0 Å². The van der Waals surface area contributed by atoms with Crippen molar-refractivity contribution in [2.24, 2.45) is 11.8 Å². The Kier molecular flexibility index (Phi) is 10.5. The van der Waals surface area contributed by atoms with E-state index in [9.17, 15) is 19.2 Å². The number of hydrogen-bond acceptors (Lipinski definition) is 8. The molecule has 2 atom stereocenters. The number of methoxy groups -OCH3 is 2. The molecular formula is C37H50N4O8. The van der Waals surface area contributed by atoms with Crippen LogP contribution < -0.4 is 24.6 Å². The molecule has 1 saturated carbocycles. The van der Waals surface area contributed by atoms with E-state index >= 15 is 0 Å². The number of aryl methyl sites for hydroxylation is 1. The molecule has 3 aliphatic rings. The van der Waals surface area contributed by atoms with E-state index < -0.39 is 29.1 Å². The second-order valence-electron chi connectivity index (χ2n) is 14.7. The van der Waals surface area contributed by atoms with Crippen LogP contribution in [0.3, 0.4) is 0 Å². The van der Waals surface area contributed by atoms with Crippen molar-refractivity contribution in [3.63, 3.8) is 0 Å². The molecule has 2 aromatic rings. The summed E-state index contributed by atoms with van der Waals surface area (Å²) in [5.74, 6) is -0.819. The van der Waals surface area contributed by atoms with E-state index in [1.54, 1.807) is 64.7 Å². The summed E-state index contributed by atoms with van der Waals surface area (Å²) in [5, 5.41) is 3.01. The molecule has 1 N–H and O–H groups in total. The van der Waals surface area contributed by atoms with Crippen LogP contribution >= 0.6 is 0 Å². The monoisotopic (exact) mass is 678 g/mol. The highest BCUT2D eigenvalue weighted by Crippen LogP contribution is 2.43. The number of nitrogens with one attached hydrogen (secondary N) is 1. The minimum Gasteiger partial charge on any atom is -0.497 e. The van der Waals surface area contributed by atoms with Crippen molar-refractivity contribution in [1.82, 2.24) is 4.90 Å². The van der Waals surface area contributed by atoms with Gasteiger partial charge in [-0.3, -0.25) is 14.4 Å². The number of benzene rings is 2. The maximum Gasteiger partial charge on any atom is 0.410 e. The molecule has 2 fully saturated rings. The number of anilines is 3. The summed E-state index contributed by atoms with van der Waals surface area (Å²) < 4.78 is 22.4. The predicted molar refractivity (Wildman–Crippen MR) is 186 cm³/mol. The van der Waals surface area contributed by atoms with Gasteiger partial charge in [0.1, 0.15) is 17.1 Å². The smallest absolute Gasteiger partial charge is 0.410 e. The van der Waals surface area contributed by atoms with Gasteiger partial charge in [0.2, 0.25) is 11.8 Å². The number of hydrogen-bond donors (Lipinski definition) is 1. The predicted octanol–water partition coefficient (Wildman–Crippen LogP) is 5.55. The summed E-state index contributed by atoms with van der Waals surface area (Å²) in [4.78, 5) is 60.2. The van der Waals surface area contributed by atoms with Crippen LogP contribution in [0.25, 0.3) is 0 Å². The van der Waals surface area contributed by atoms with Gasteiger partial charge in [-0.15, -0.1) is 0 Å². The first-order chi connectivity index (χ1) is 23.1. The lowest BCUT2D eigenvalue weighted by molar-refractivity contribution is -0.132. The van der Waals surface area contributed by atoms with Gasteiger partial charge in [0.25, 0.3) is 5.91 Å². The fourth-order valence-electron chi connectivity index (χ4n) is 6.38. The Bertz CT molecular complexity index is 1580. The Morgan fingerprint density at radius 1 is 1.04 bits per heavy atom. The van der Waals surface area contributed by atoms with Gasteiger partial charge >= 0.3 is 6.09 Å². The average molecular weight is 679 g/mol. The minimum absolute atomic E-state index is 0.0345. The number of carbonyl (C=O) groups excluding carboxylic acids is 4. The van der Waals surface area contributed by atoms with E-state index in [2.05, 4.69) is 5.32 Å². The van der Waals surface area contributed by atoms with Crippen LogP contribution in [0.4, 0.5) is 21.9 Å². The summed E-state index contributed by atoms with van der Waals surface area (Å²) >= 11 is 0. The van der Waals surface area contributed by atoms with Gasteiger partial charge in [0, 0.05) is 56.8 Å². The molecule has 1 saturated heterocycles. The van der Waals surface area contributed by atoms with Gasteiger partial charge in [-0.05, 0) is 97.1 Å². The largest absolute Gasteiger partial charge is 0.497 e. The fraction of sp³-hybridized carbons (Fsp3) is 0.568. The molecule has 4 amide bonds. The van der Waals surface area contributed by atoms with Crippen LogP contribution in [-0.2, 0) is 23.9 Å². The van der Waals surface area contributed by atoms with Gasteiger partial charge in [0.15, 0.2) is 5.60 Å². The highest BCUT2D eigenvalue weighted by Gasteiger charge is 2.45. The standard InChI is InChI=1S/C37H50N4O8/c1-23-10-14-28(47-8)20-29(23)38-32(42)24-18-25(22-39(21-24)35(45)49-36(2,3)4)33(43)41(26-11-12-26)27-13-15-31-30(19-27)40(16-9-17-46-7)34(44)37(5,6)48-31/h10,13-15,19-20,24-26H,9,11-12,16-18,21-22H2,1-8H3,(H,38,42)/t24-,25+/m0/s1. The Morgan fingerprint density at radius 3 is 2.41 bits per heavy atom. The second-order valence-corrected chi connectivity index (χ2v) is 14.7. The number of piperidine rings is 1. The third kappa shape index (κ3) is 8.29. The van der Waals surface area contributed by atoms with E-state index in [1.807, 2.05) is 37.3 Å². The Labute approximate surface area is 289 Å². The van der Waals surface area contributed by atoms with Crippen LogP contribution in [-0.4, -0.2) is 86.4 Å². The summed E-state index contributed by atoms with van der Waals surface area (Å²) in [6.45, 7) is 11.9. The first-order valence-electron chi connectivity index (χ1n) is 17.0. The van der Waals surface area contributed by atoms with Crippen molar-refractivity contribution in [1.29, 1.82) is 0 Å². The summed E-state index contributed by atoms with van der Waals surface area (Å²) in [6, 6.07) is 10.9. The normalized spacial score (nSPS) is 20.2. The van der Waals surface area contributed by atoms with E-state index in [4.69, 9.17) is 18.9 Å². The van der Waals surface area contributed by atoms with Crippen LogP contribution in [0, 0.1) is 18.8 Å². The van der Waals surface area contributed by atoms with Crippen LogP contribution in [0.5, 0.6) is 11.5 Å². The lowest BCUT2D eigenvalue weighted by atomic mass is 9.87. The summed E-state index contributed by atoms with van der Waals surface area (Å²) in [5.41, 5.74) is 0.902. The maximum absolute atomic E-state index is 14.6. The summed E-state index contributed by atoms with van der Waals surface area (Å²) in [7, 11) is 3.19. The fourth-order valence-corrected chi connectivity index (χ4v) is 6.38. The molecule has 12 heteroatoms. The number of fused-ring (bicyclic) bond motifs is 1. The van der Waals surface area contributed by atoms with E-state index in [0.717, 1.165) is 18.4 Å². The van der Waals surface area contributed by atoms with Gasteiger partial charge in [0.05, 0.1) is 24.6 Å². The van der Waals surface area contributed by atoms with E-state index in [0.29, 0.717) is 48.1 Å². The van der Waals surface area contributed by atoms with Gasteiger partial charge in [-0.25, -0.2) is 4.79 Å². The first kappa shape index (κ1) is 36.0. The second kappa shape index (κ2) is 14.3. The molecule has 2 aliphatic heterocycles. The molecule has 0 spiro atoms. The molecule has 266 valence electrons. The summed E-state index contributed by atoms with van der Waals surface area (Å²) in [6.07, 6.45) is 1.96. The number of carbonyl (C=O) groups is 4. The zero-order valence-corrected chi connectivity index (χ0v) is 30.0. The molecule has 12 nitrogen and oxygen atoms in total.